The van der Waals surface area contributed by atoms with Crippen molar-refractivity contribution in [2.45, 2.75) is 64.5 Å². The number of amides is 1. The number of carbonyl (C=O) groups excluding carboxylic acids is 1. The molecule has 1 saturated carbocycles. The number of carbonyl (C=O) groups is 1. The first-order chi connectivity index (χ1) is 10.5. The second-order valence-corrected chi connectivity index (χ2v) is 6.54. The molecule has 0 radical (unpaired) electrons. The maximum absolute atomic E-state index is 12.0. The molecule has 1 aromatic rings. The first kappa shape index (κ1) is 16.8. The van der Waals surface area contributed by atoms with Gasteiger partial charge in [0.15, 0.2) is 6.61 Å². The van der Waals surface area contributed by atoms with Gasteiger partial charge in [-0.3, -0.25) is 4.79 Å². The molecule has 0 spiro atoms. The molecule has 0 aromatic heterocycles. The van der Waals surface area contributed by atoms with Crippen LogP contribution in [0, 0.1) is 6.92 Å². The van der Waals surface area contributed by atoms with Gasteiger partial charge in [-0.15, -0.1) is 0 Å². The molecule has 2 N–H and O–H groups in total. The highest BCUT2D eigenvalue weighted by Gasteiger charge is 2.20. The Bertz CT molecular complexity index is 505. The lowest BCUT2D eigenvalue weighted by molar-refractivity contribution is -0.124. The molecule has 1 amide bonds. The number of benzene rings is 1. The van der Waals surface area contributed by atoms with Gasteiger partial charge >= 0.3 is 0 Å². The van der Waals surface area contributed by atoms with Gasteiger partial charge < -0.3 is 15.2 Å². The lowest BCUT2D eigenvalue weighted by atomic mass is 9.93. The lowest BCUT2D eigenvalue weighted by Gasteiger charge is -2.26. The van der Waals surface area contributed by atoms with Crippen molar-refractivity contribution >= 4 is 5.91 Å². The van der Waals surface area contributed by atoms with E-state index in [0.29, 0.717) is 5.92 Å². The number of ether oxygens (including phenoxy) is 1. The van der Waals surface area contributed by atoms with Crippen molar-refractivity contribution in [2.75, 3.05) is 6.61 Å². The zero-order chi connectivity index (χ0) is 16.1. The van der Waals surface area contributed by atoms with Gasteiger partial charge in [0.1, 0.15) is 5.75 Å². The predicted molar refractivity (Wildman–Crippen MR) is 87.2 cm³/mol. The van der Waals surface area contributed by atoms with Crippen LogP contribution in [0.25, 0.3) is 0 Å². The molecule has 1 aliphatic rings. The third-order valence-electron chi connectivity index (χ3n) is 4.30. The van der Waals surface area contributed by atoms with E-state index < -0.39 is 0 Å². The van der Waals surface area contributed by atoms with Crippen LogP contribution in [0.5, 0.6) is 5.75 Å². The lowest BCUT2D eigenvalue weighted by Crippen LogP contribution is -2.40. The molecule has 4 nitrogen and oxygen atoms in total. The zero-order valence-electron chi connectivity index (χ0n) is 13.8. The molecular formula is C18H27NO3. The van der Waals surface area contributed by atoms with Gasteiger partial charge in [0, 0.05) is 6.04 Å². The summed E-state index contributed by atoms with van der Waals surface area (Å²) < 4.78 is 5.69. The first-order valence-corrected chi connectivity index (χ1v) is 8.16. The van der Waals surface area contributed by atoms with Crippen molar-refractivity contribution in [3.05, 3.63) is 29.3 Å². The maximum atomic E-state index is 12.0. The van der Waals surface area contributed by atoms with Gasteiger partial charge in [-0.25, -0.2) is 0 Å². The zero-order valence-corrected chi connectivity index (χ0v) is 13.8. The number of aliphatic hydroxyl groups excluding tert-OH is 1. The van der Waals surface area contributed by atoms with E-state index in [2.05, 4.69) is 25.2 Å². The molecular weight excluding hydrogens is 278 g/mol. The minimum atomic E-state index is -0.203. The molecule has 0 aliphatic heterocycles. The van der Waals surface area contributed by atoms with E-state index in [1.54, 1.807) is 0 Å². The third kappa shape index (κ3) is 4.73. The van der Waals surface area contributed by atoms with Crippen LogP contribution >= 0.6 is 0 Å². The van der Waals surface area contributed by atoms with E-state index in [1.807, 2.05) is 19.1 Å². The number of rotatable bonds is 5. The SMILES string of the molecule is Cc1ccc(C(C)C)cc1OCC(=O)NC1CCC(O)CC1. The monoisotopic (exact) mass is 305 g/mol. The van der Waals surface area contributed by atoms with Crippen molar-refractivity contribution in [1.29, 1.82) is 0 Å². The van der Waals surface area contributed by atoms with Crippen LogP contribution in [0.1, 0.15) is 56.6 Å². The summed E-state index contributed by atoms with van der Waals surface area (Å²) in [6.45, 7) is 6.30. The topological polar surface area (TPSA) is 58.6 Å². The normalized spacial score (nSPS) is 21.7. The van der Waals surface area contributed by atoms with E-state index in [-0.39, 0.29) is 24.7 Å². The first-order valence-electron chi connectivity index (χ1n) is 8.16. The van der Waals surface area contributed by atoms with E-state index in [0.717, 1.165) is 37.0 Å². The number of aryl methyl sites for hydroxylation is 1. The van der Waals surface area contributed by atoms with Gasteiger partial charge in [-0.2, -0.15) is 0 Å². The molecule has 0 saturated heterocycles. The van der Waals surface area contributed by atoms with Crippen LogP contribution in [-0.2, 0) is 4.79 Å². The number of hydrogen-bond acceptors (Lipinski definition) is 3. The van der Waals surface area contributed by atoms with Crippen LogP contribution in [0.3, 0.4) is 0 Å². The number of nitrogens with one attached hydrogen (secondary N) is 1. The Morgan fingerprint density at radius 1 is 1.32 bits per heavy atom. The number of aliphatic hydroxyl groups is 1. The van der Waals surface area contributed by atoms with Gasteiger partial charge in [0.05, 0.1) is 6.10 Å². The van der Waals surface area contributed by atoms with E-state index in [4.69, 9.17) is 4.74 Å². The van der Waals surface area contributed by atoms with Crippen molar-refractivity contribution in [2.24, 2.45) is 0 Å². The average molecular weight is 305 g/mol. The maximum Gasteiger partial charge on any atom is 0.258 e. The van der Waals surface area contributed by atoms with E-state index >= 15 is 0 Å². The van der Waals surface area contributed by atoms with Crippen LogP contribution in [-0.4, -0.2) is 29.8 Å². The van der Waals surface area contributed by atoms with Gasteiger partial charge in [0.2, 0.25) is 0 Å². The molecule has 2 rings (SSSR count). The minimum Gasteiger partial charge on any atom is -0.483 e. The molecule has 0 bridgehead atoms. The third-order valence-corrected chi connectivity index (χ3v) is 4.30. The summed E-state index contributed by atoms with van der Waals surface area (Å²) in [5.74, 6) is 1.13. The molecule has 1 aromatic carbocycles. The Morgan fingerprint density at radius 3 is 2.64 bits per heavy atom. The fourth-order valence-electron chi connectivity index (χ4n) is 2.76. The Morgan fingerprint density at radius 2 is 2.00 bits per heavy atom. The molecule has 22 heavy (non-hydrogen) atoms. The fourth-order valence-corrected chi connectivity index (χ4v) is 2.76. The summed E-state index contributed by atoms with van der Waals surface area (Å²) >= 11 is 0. The van der Waals surface area contributed by atoms with Gasteiger partial charge in [0.25, 0.3) is 5.91 Å². The highest BCUT2D eigenvalue weighted by molar-refractivity contribution is 5.77. The quantitative estimate of drug-likeness (QED) is 0.879. The highest BCUT2D eigenvalue weighted by atomic mass is 16.5. The van der Waals surface area contributed by atoms with Crippen LogP contribution < -0.4 is 10.1 Å². The minimum absolute atomic E-state index is 0.0431. The Kier molecular flexibility index (Phi) is 5.83. The summed E-state index contributed by atoms with van der Waals surface area (Å²) in [5, 5.41) is 12.5. The van der Waals surface area contributed by atoms with Crippen LogP contribution in [0.4, 0.5) is 0 Å². The standard InChI is InChI=1S/C18H27NO3/c1-12(2)14-5-4-13(3)17(10-14)22-11-18(21)19-15-6-8-16(20)9-7-15/h4-5,10,12,15-16,20H,6-9,11H2,1-3H3,(H,19,21). The average Bonchev–Trinajstić information content (AvgIpc) is 2.48. The molecule has 0 atom stereocenters. The van der Waals surface area contributed by atoms with E-state index in [9.17, 15) is 9.90 Å². The van der Waals surface area contributed by atoms with Crippen LogP contribution in [0.2, 0.25) is 0 Å². The van der Waals surface area contributed by atoms with Crippen molar-refractivity contribution in [3.63, 3.8) is 0 Å². The van der Waals surface area contributed by atoms with Crippen molar-refractivity contribution in [3.8, 4) is 5.75 Å². The molecule has 0 unspecified atom stereocenters. The van der Waals surface area contributed by atoms with Gasteiger partial charge in [-0.1, -0.05) is 26.0 Å². The van der Waals surface area contributed by atoms with Crippen molar-refractivity contribution < 1.29 is 14.6 Å². The molecule has 122 valence electrons. The summed E-state index contributed by atoms with van der Waals surface area (Å²) in [7, 11) is 0. The second-order valence-electron chi connectivity index (χ2n) is 6.54. The van der Waals surface area contributed by atoms with Gasteiger partial charge in [-0.05, 0) is 55.7 Å². The predicted octanol–water partition coefficient (Wildman–Crippen LogP) is 2.92. The molecule has 1 aliphatic carbocycles. The smallest absolute Gasteiger partial charge is 0.258 e. The largest absolute Gasteiger partial charge is 0.483 e. The highest BCUT2D eigenvalue weighted by Crippen LogP contribution is 2.24. The summed E-state index contributed by atoms with van der Waals surface area (Å²) in [4.78, 5) is 12.0. The molecule has 4 heteroatoms. The number of hydrogen-bond donors (Lipinski definition) is 2. The summed E-state index contributed by atoms with van der Waals surface area (Å²) in [6, 6.07) is 6.32. The summed E-state index contributed by atoms with van der Waals surface area (Å²) in [6.07, 6.45) is 3.01. The Labute approximate surface area is 132 Å². The molecule has 0 heterocycles. The Hall–Kier alpha value is -1.55. The second kappa shape index (κ2) is 7.63. The van der Waals surface area contributed by atoms with Crippen LogP contribution in [0.15, 0.2) is 18.2 Å². The summed E-state index contributed by atoms with van der Waals surface area (Å²) in [5.41, 5.74) is 2.25. The fraction of sp³-hybridized carbons (Fsp3) is 0.611. The van der Waals surface area contributed by atoms with E-state index in [1.165, 1.54) is 5.56 Å². The molecule has 1 fully saturated rings. The van der Waals surface area contributed by atoms with Crippen molar-refractivity contribution in [1.82, 2.24) is 5.32 Å². The Balaban J connectivity index is 1.84.